The Morgan fingerprint density at radius 3 is 2.31 bits per heavy atom. The third-order valence-electron chi connectivity index (χ3n) is 4.48. The Labute approximate surface area is 173 Å². The summed E-state index contributed by atoms with van der Waals surface area (Å²) in [6.45, 7) is 2.06. The maximum Gasteiger partial charge on any atom is 0.255 e. The number of hydrogen-bond acceptors (Lipinski definition) is 5. The number of carbonyl (C=O) groups is 1. The van der Waals surface area contributed by atoms with E-state index in [2.05, 4.69) is 23.3 Å². The van der Waals surface area contributed by atoms with Crippen molar-refractivity contribution in [2.45, 2.75) is 11.8 Å². The Kier molecular flexibility index (Phi) is 4.94. The van der Waals surface area contributed by atoms with Gasteiger partial charge in [-0.15, -0.1) is 11.3 Å². The molecule has 0 unspecified atom stereocenters. The van der Waals surface area contributed by atoms with Crippen LogP contribution in [0.5, 0.6) is 0 Å². The lowest BCUT2D eigenvalue weighted by Crippen LogP contribution is -2.12. The highest BCUT2D eigenvalue weighted by molar-refractivity contribution is 7.90. The molecule has 0 aliphatic heterocycles. The first-order valence-corrected chi connectivity index (χ1v) is 11.6. The minimum Gasteiger partial charge on any atom is -0.322 e. The van der Waals surface area contributed by atoms with Gasteiger partial charge in [-0.3, -0.25) is 4.79 Å². The molecule has 1 N–H and O–H groups in total. The van der Waals surface area contributed by atoms with E-state index >= 15 is 0 Å². The molecule has 4 aromatic rings. The Morgan fingerprint density at radius 1 is 0.966 bits per heavy atom. The molecule has 0 aliphatic rings. The van der Waals surface area contributed by atoms with Crippen molar-refractivity contribution in [2.75, 3.05) is 11.6 Å². The van der Waals surface area contributed by atoms with Gasteiger partial charge in [-0.1, -0.05) is 6.07 Å². The number of fused-ring (bicyclic) bond motifs is 1. The number of nitrogens with one attached hydrogen (secondary N) is 1. The molecule has 0 atom stereocenters. The Bertz CT molecular complexity index is 1310. The molecule has 0 saturated carbocycles. The summed E-state index contributed by atoms with van der Waals surface area (Å²) in [7, 11) is -3.28. The van der Waals surface area contributed by atoms with Crippen LogP contribution in [0.1, 0.15) is 15.9 Å². The number of aromatic nitrogens is 1. The number of benzene rings is 3. The average Bonchev–Trinajstić information content (AvgIpc) is 3.11. The van der Waals surface area contributed by atoms with Crippen molar-refractivity contribution < 1.29 is 13.2 Å². The first kappa shape index (κ1) is 19.3. The summed E-state index contributed by atoms with van der Waals surface area (Å²) in [6.07, 6.45) is 1.14. The van der Waals surface area contributed by atoms with Gasteiger partial charge in [-0.25, -0.2) is 13.4 Å². The Morgan fingerprint density at radius 2 is 1.66 bits per heavy atom. The standard InChI is InChI=1S/C22H18N2O3S2/c1-14-3-12-19-20(13-14)28-22(24-19)16-4-8-17(9-5-16)23-21(25)15-6-10-18(11-7-15)29(2,26)27/h3-13H,1-2H3,(H,23,25). The molecule has 0 bridgehead atoms. The zero-order valence-corrected chi connectivity index (χ0v) is 17.5. The molecule has 0 fully saturated rings. The van der Waals surface area contributed by atoms with Crippen molar-refractivity contribution in [3.63, 3.8) is 0 Å². The summed E-state index contributed by atoms with van der Waals surface area (Å²) in [6, 6.07) is 19.6. The number of amides is 1. The van der Waals surface area contributed by atoms with Crippen LogP contribution in [0.4, 0.5) is 5.69 Å². The van der Waals surface area contributed by atoms with E-state index in [1.54, 1.807) is 11.3 Å². The van der Waals surface area contributed by atoms with Crippen molar-refractivity contribution in [1.29, 1.82) is 0 Å². The molecule has 0 aliphatic carbocycles. The molecule has 3 aromatic carbocycles. The van der Waals surface area contributed by atoms with Gasteiger partial charge in [0.05, 0.1) is 15.1 Å². The predicted molar refractivity (Wildman–Crippen MR) is 117 cm³/mol. The number of thiazole rings is 1. The first-order valence-electron chi connectivity index (χ1n) is 8.89. The van der Waals surface area contributed by atoms with Crippen LogP contribution in [0.15, 0.2) is 71.6 Å². The zero-order valence-electron chi connectivity index (χ0n) is 15.8. The molecular formula is C22H18N2O3S2. The normalized spacial score (nSPS) is 11.5. The molecule has 29 heavy (non-hydrogen) atoms. The number of nitrogens with zero attached hydrogens (tertiary/aromatic N) is 1. The second-order valence-corrected chi connectivity index (χ2v) is 9.86. The van der Waals surface area contributed by atoms with Crippen molar-refractivity contribution in [2.24, 2.45) is 0 Å². The maximum atomic E-state index is 12.4. The molecule has 0 spiro atoms. The topological polar surface area (TPSA) is 76.1 Å². The number of aryl methyl sites for hydroxylation is 1. The number of sulfone groups is 1. The second-order valence-electron chi connectivity index (χ2n) is 6.82. The molecule has 1 heterocycles. The number of anilines is 1. The summed E-state index contributed by atoms with van der Waals surface area (Å²) in [4.78, 5) is 17.3. The molecule has 7 heteroatoms. The fraction of sp³-hybridized carbons (Fsp3) is 0.0909. The summed E-state index contributed by atoms with van der Waals surface area (Å²) < 4.78 is 24.2. The van der Waals surface area contributed by atoms with Crippen molar-refractivity contribution >= 4 is 43.0 Å². The van der Waals surface area contributed by atoms with Gasteiger partial charge in [0.15, 0.2) is 9.84 Å². The van der Waals surface area contributed by atoms with Gasteiger partial charge in [-0.05, 0) is 73.2 Å². The van der Waals surface area contributed by atoms with Gasteiger partial charge in [-0.2, -0.15) is 0 Å². The van der Waals surface area contributed by atoms with Crippen LogP contribution in [0.3, 0.4) is 0 Å². The molecule has 0 saturated heterocycles. The molecule has 1 amide bonds. The van der Waals surface area contributed by atoms with Crippen LogP contribution in [-0.2, 0) is 9.84 Å². The number of hydrogen-bond donors (Lipinski definition) is 1. The lowest BCUT2D eigenvalue weighted by atomic mass is 10.2. The lowest BCUT2D eigenvalue weighted by Gasteiger charge is -2.06. The fourth-order valence-electron chi connectivity index (χ4n) is 2.91. The Hall–Kier alpha value is -3.03. The largest absolute Gasteiger partial charge is 0.322 e. The fourth-order valence-corrected chi connectivity index (χ4v) is 4.61. The first-order chi connectivity index (χ1) is 13.8. The smallest absolute Gasteiger partial charge is 0.255 e. The van der Waals surface area contributed by atoms with Crippen molar-refractivity contribution in [1.82, 2.24) is 4.98 Å². The van der Waals surface area contributed by atoms with Gasteiger partial charge in [0.1, 0.15) is 5.01 Å². The molecule has 0 radical (unpaired) electrons. The Balaban J connectivity index is 1.50. The van der Waals surface area contributed by atoms with Crippen molar-refractivity contribution in [3.05, 3.63) is 77.9 Å². The quantitative estimate of drug-likeness (QED) is 0.506. The van der Waals surface area contributed by atoms with E-state index in [1.807, 2.05) is 36.4 Å². The molecule has 5 nitrogen and oxygen atoms in total. The summed E-state index contributed by atoms with van der Waals surface area (Å²) >= 11 is 1.64. The molecular weight excluding hydrogens is 404 g/mol. The van der Waals surface area contributed by atoms with E-state index in [1.165, 1.54) is 29.8 Å². The minimum atomic E-state index is -3.28. The van der Waals surface area contributed by atoms with Gasteiger partial charge in [0.25, 0.3) is 5.91 Å². The van der Waals surface area contributed by atoms with Crippen molar-refractivity contribution in [3.8, 4) is 10.6 Å². The molecule has 146 valence electrons. The molecule has 1 aromatic heterocycles. The van der Waals surface area contributed by atoms with Crippen LogP contribution in [0.25, 0.3) is 20.8 Å². The molecule has 4 rings (SSSR count). The monoisotopic (exact) mass is 422 g/mol. The van der Waals surface area contributed by atoms with Gasteiger partial charge in [0, 0.05) is 23.1 Å². The number of carbonyl (C=O) groups excluding carboxylic acids is 1. The second kappa shape index (κ2) is 7.42. The summed E-state index contributed by atoms with van der Waals surface area (Å²) in [5.74, 6) is -0.298. The van der Waals surface area contributed by atoms with E-state index in [0.717, 1.165) is 27.0 Å². The van der Waals surface area contributed by atoms with Crippen LogP contribution < -0.4 is 5.32 Å². The van der Waals surface area contributed by atoms with Crippen LogP contribution >= 0.6 is 11.3 Å². The predicted octanol–water partition coefficient (Wildman–Crippen LogP) is 4.93. The van der Waals surface area contributed by atoms with E-state index in [4.69, 9.17) is 0 Å². The zero-order chi connectivity index (χ0) is 20.6. The SMILES string of the molecule is Cc1ccc2nc(-c3ccc(NC(=O)c4ccc(S(C)(=O)=O)cc4)cc3)sc2c1. The van der Waals surface area contributed by atoms with Gasteiger partial charge < -0.3 is 5.32 Å². The highest BCUT2D eigenvalue weighted by Crippen LogP contribution is 2.31. The number of rotatable bonds is 4. The lowest BCUT2D eigenvalue weighted by molar-refractivity contribution is 0.102. The summed E-state index contributed by atoms with van der Waals surface area (Å²) in [5.41, 5.74) is 4.21. The van der Waals surface area contributed by atoms with Gasteiger partial charge >= 0.3 is 0 Å². The van der Waals surface area contributed by atoms with E-state index in [9.17, 15) is 13.2 Å². The summed E-state index contributed by atoms with van der Waals surface area (Å²) in [5, 5.41) is 3.75. The van der Waals surface area contributed by atoms with Crippen LogP contribution in [-0.4, -0.2) is 25.6 Å². The van der Waals surface area contributed by atoms with Gasteiger partial charge in [0.2, 0.25) is 0 Å². The maximum absolute atomic E-state index is 12.4. The van der Waals surface area contributed by atoms with Crippen LogP contribution in [0, 0.1) is 6.92 Å². The minimum absolute atomic E-state index is 0.185. The average molecular weight is 423 g/mol. The van der Waals surface area contributed by atoms with E-state index in [0.29, 0.717) is 11.3 Å². The van der Waals surface area contributed by atoms with Crippen LogP contribution in [0.2, 0.25) is 0 Å². The highest BCUT2D eigenvalue weighted by atomic mass is 32.2. The third kappa shape index (κ3) is 4.21. The third-order valence-corrected chi connectivity index (χ3v) is 6.67. The highest BCUT2D eigenvalue weighted by Gasteiger charge is 2.11. The van der Waals surface area contributed by atoms with E-state index < -0.39 is 9.84 Å². The van der Waals surface area contributed by atoms with E-state index in [-0.39, 0.29) is 10.8 Å².